The summed E-state index contributed by atoms with van der Waals surface area (Å²) in [6.07, 6.45) is 2.52. The highest BCUT2D eigenvalue weighted by Gasteiger charge is 2.33. The largest absolute Gasteiger partial charge is 0.481 e. The number of aromatic nitrogens is 2. The van der Waals surface area contributed by atoms with Crippen LogP contribution in [0.3, 0.4) is 0 Å². The Bertz CT molecular complexity index is 562. The zero-order chi connectivity index (χ0) is 11.8. The van der Waals surface area contributed by atoms with E-state index in [1.165, 1.54) is 11.5 Å². The van der Waals surface area contributed by atoms with E-state index in [4.69, 9.17) is 5.11 Å². The molecule has 0 amide bonds. The average Bonchev–Trinajstić information content (AvgIpc) is 3.03. The summed E-state index contributed by atoms with van der Waals surface area (Å²) in [6.45, 7) is 0. The molecule has 1 aliphatic carbocycles. The number of hydrogen-bond donors (Lipinski definition) is 1. The number of hydrogen-bond acceptors (Lipinski definition) is 4. The van der Waals surface area contributed by atoms with Crippen LogP contribution in [0.1, 0.15) is 30.7 Å². The standard InChI is InChI=1S/C12H12N2O2S/c15-12(16)6-9(7-1-2-7)8-3-4-10-11(5-8)17-14-13-10/h3-5,7,9H,1-2,6H2,(H,15,16). The van der Waals surface area contributed by atoms with Gasteiger partial charge < -0.3 is 5.11 Å². The summed E-state index contributed by atoms with van der Waals surface area (Å²) in [5.74, 6) is -0.0205. The van der Waals surface area contributed by atoms with E-state index < -0.39 is 5.97 Å². The molecule has 3 rings (SSSR count). The third-order valence-corrected chi connectivity index (χ3v) is 3.97. The van der Waals surface area contributed by atoms with Gasteiger partial charge in [-0.2, -0.15) is 0 Å². The van der Waals surface area contributed by atoms with Crippen LogP contribution in [-0.4, -0.2) is 20.7 Å². The highest BCUT2D eigenvalue weighted by Crippen LogP contribution is 2.45. The highest BCUT2D eigenvalue weighted by molar-refractivity contribution is 7.12. The van der Waals surface area contributed by atoms with Crippen molar-refractivity contribution in [3.8, 4) is 0 Å². The molecular weight excluding hydrogens is 236 g/mol. The van der Waals surface area contributed by atoms with Crippen LogP contribution in [0.2, 0.25) is 0 Å². The Labute approximate surface area is 102 Å². The van der Waals surface area contributed by atoms with Crippen LogP contribution in [0.25, 0.3) is 10.2 Å². The lowest BCUT2D eigenvalue weighted by Crippen LogP contribution is -2.08. The molecule has 17 heavy (non-hydrogen) atoms. The molecule has 1 fully saturated rings. The summed E-state index contributed by atoms with van der Waals surface area (Å²) in [4.78, 5) is 10.9. The van der Waals surface area contributed by atoms with Gasteiger partial charge in [0, 0.05) is 0 Å². The molecule has 0 aliphatic heterocycles. The lowest BCUT2D eigenvalue weighted by molar-refractivity contribution is -0.137. The molecule has 1 heterocycles. The minimum atomic E-state index is -0.718. The van der Waals surface area contributed by atoms with E-state index in [1.54, 1.807) is 0 Å². The van der Waals surface area contributed by atoms with Crippen LogP contribution < -0.4 is 0 Å². The van der Waals surface area contributed by atoms with Crippen molar-refractivity contribution in [2.24, 2.45) is 5.92 Å². The van der Waals surface area contributed by atoms with Gasteiger partial charge in [0.2, 0.25) is 0 Å². The monoisotopic (exact) mass is 248 g/mol. The van der Waals surface area contributed by atoms with Crippen molar-refractivity contribution in [3.05, 3.63) is 23.8 Å². The van der Waals surface area contributed by atoms with Crippen LogP contribution in [0.4, 0.5) is 0 Å². The molecule has 2 aromatic rings. The van der Waals surface area contributed by atoms with Crippen LogP contribution in [0.15, 0.2) is 18.2 Å². The second-order valence-corrected chi connectivity index (χ2v) is 5.33. The lowest BCUT2D eigenvalue weighted by atomic mass is 9.91. The summed E-state index contributed by atoms with van der Waals surface area (Å²) in [7, 11) is 0. The Hall–Kier alpha value is -1.49. The quantitative estimate of drug-likeness (QED) is 0.903. The summed E-state index contributed by atoms with van der Waals surface area (Å²) in [6, 6.07) is 5.98. The fraction of sp³-hybridized carbons (Fsp3) is 0.417. The summed E-state index contributed by atoms with van der Waals surface area (Å²) < 4.78 is 4.94. The van der Waals surface area contributed by atoms with Crippen LogP contribution in [-0.2, 0) is 4.79 Å². The lowest BCUT2D eigenvalue weighted by Gasteiger charge is -2.14. The smallest absolute Gasteiger partial charge is 0.303 e. The van der Waals surface area contributed by atoms with Gasteiger partial charge in [-0.15, -0.1) is 5.10 Å². The van der Waals surface area contributed by atoms with Crippen molar-refractivity contribution >= 4 is 27.7 Å². The molecule has 0 spiro atoms. The van der Waals surface area contributed by atoms with Gasteiger partial charge in [-0.05, 0) is 53.9 Å². The molecule has 0 radical (unpaired) electrons. The van der Waals surface area contributed by atoms with Gasteiger partial charge in [0.1, 0.15) is 5.52 Å². The minimum absolute atomic E-state index is 0.152. The molecule has 0 saturated heterocycles. The number of nitrogens with zero attached hydrogens (tertiary/aromatic N) is 2. The molecule has 1 atom stereocenters. The zero-order valence-electron chi connectivity index (χ0n) is 9.17. The number of carboxylic acid groups (broad SMARTS) is 1. The molecule has 1 aliphatic rings. The van der Waals surface area contributed by atoms with E-state index in [0.29, 0.717) is 5.92 Å². The van der Waals surface area contributed by atoms with E-state index in [0.717, 1.165) is 28.6 Å². The molecule has 4 nitrogen and oxygen atoms in total. The maximum Gasteiger partial charge on any atom is 0.303 e. The van der Waals surface area contributed by atoms with E-state index in [9.17, 15) is 4.79 Å². The summed E-state index contributed by atoms with van der Waals surface area (Å²) >= 11 is 1.36. The summed E-state index contributed by atoms with van der Waals surface area (Å²) in [5, 5.41) is 13.0. The minimum Gasteiger partial charge on any atom is -0.481 e. The Morgan fingerprint density at radius 1 is 1.53 bits per heavy atom. The maximum atomic E-state index is 10.9. The maximum absolute atomic E-state index is 10.9. The third-order valence-electron chi connectivity index (χ3n) is 3.29. The number of rotatable bonds is 4. The van der Waals surface area contributed by atoms with Crippen molar-refractivity contribution in [2.75, 3.05) is 0 Å². The Kier molecular flexibility index (Phi) is 2.55. The predicted molar refractivity (Wildman–Crippen MR) is 65.1 cm³/mol. The number of carbonyl (C=O) groups is 1. The Balaban J connectivity index is 1.95. The fourth-order valence-corrected chi connectivity index (χ4v) is 2.88. The van der Waals surface area contributed by atoms with Crippen LogP contribution in [0, 0.1) is 5.92 Å². The molecular formula is C12H12N2O2S. The van der Waals surface area contributed by atoms with Gasteiger partial charge in [-0.1, -0.05) is 10.6 Å². The van der Waals surface area contributed by atoms with E-state index in [-0.39, 0.29) is 12.3 Å². The first-order chi connectivity index (χ1) is 8.24. The highest BCUT2D eigenvalue weighted by atomic mass is 32.1. The SMILES string of the molecule is O=C(O)CC(c1ccc2nnsc2c1)C1CC1. The van der Waals surface area contributed by atoms with E-state index >= 15 is 0 Å². The second kappa shape index (κ2) is 4.07. The molecule has 5 heteroatoms. The normalized spacial score (nSPS) is 17.2. The molecule has 1 aromatic carbocycles. The van der Waals surface area contributed by atoms with Crippen molar-refractivity contribution in [1.82, 2.24) is 9.59 Å². The Morgan fingerprint density at radius 2 is 2.35 bits per heavy atom. The first-order valence-corrected chi connectivity index (χ1v) is 6.45. The number of fused-ring (bicyclic) bond motifs is 1. The van der Waals surface area contributed by atoms with Gasteiger partial charge in [-0.25, -0.2) is 0 Å². The van der Waals surface area contributed by atoms with Gasteiger partial charge in [0.15, 0.2) is 0 Å². The fourth-order valence-electron chi connectivity index (χ4n) is 2.27. The van der Waals surface area contributed by atoms with Crippen molar-refractivity contribution in [2.45, 2.75) is 25.2 Å². The average molecular weight is 248 g/mol. The number of benzene rings is 1. The molecule has 1 unspecified atom stereocenters. The van der Waals surface area contributed by atoms with Crippen molar-refractivity contribution in [1.29, 1.82) is 0 Å². The second-order valence-electron chi connectivity index (χ2n) is 4.54. The predicted octanol–water partition coefficient (Wildman–Crippen LogP) is 2.66. The van der Waals surface area contributed by atoms with Crippen LogP contribution in [0.5, 0.6) is 0 Å². The topological polar surface area (TPSA) is 63.1 Å². The van der Waals surface area contributed by atoms with Crippen molar-refractivity contribution in [3.63, 3.8) is 0 Å². The molecule has 88 valence electrons. The van der Waals surface area contributed by atoms with Gasteiger partial charge >= 0.3 is 5.97 Å². The molecule has 1 saturated carbocycles. The van der Waals surface area contributed by atoms with E-state index in [1.807, 2.05) is 18.2 Å². The van der Waals surface area contributed by atoms with Crippen molar-refractivity contribution < 1.29 is 9.90 Å². The van der Waals surface area contributed by atoms with Crippen LogP contribution >= 0.6 is 11.5 Å². The molecule has 1 aromatic heterocycles. The van der Waals surface area contributed by atoms with Gasteiger partial charge in [0.05, 0.1) is 11.1 Å². The first kappa shape index (κ1) is 10.7. The number of carboxylic acids is 1. The number of aliphatic carboxylic acids is 1. The molecule has 1 N–H and O–H groups in total. The Morgan fingerprint density at radius 3 is 3.06 bits per heavy atom. The van der Waals surface area contributed by atoms with E-state index in [2.05, 4.69) is 9.59 Å². The third kappa shape index (κ3) is 2.15. The van der Waals surface area contributed by atoms with Gasteiger partial charge in [0.25, 0.3) is 0 Å². The first-order valence-electron chi connectivity index (χ1n) is 5.68. The zero-order valence-corrected chi connectivity index (χ0v) is 9.98. The van der Waals surface area contributed by atoms with Gasteiger partial charge in [-0.3, -0.25) is 4.79 Å². The summed E-state index contributed by atoms with van der Waals surface area (Å²) in [5.41, 5.74) is 2.01. The molecule has 0 bridgehead atoms.